The number of fused-ring (bicyclic) bond motifs is 1. The normalized spacial score (nSPS) is 19.9. The van der Waals surface area contributed by atoms with Gasteiger partial charge in [-0.15, -0.1) is 0 Å². The third-order valence-electron chi connectivity index (χ3n) is 5.17. The van der Waals surface area contributed by atoms with E-state index in [0.29, 0.717) is 31.8 Å². The van der Waals surface area contributed by atoms with Crippen LogP contribution in [0, 0.1) is 0 Å². The molecule has 0 aromatic heterocycles. The Kier molecular flexibility index (Phi) is 6.49. The van der Waals surface area contributed by atoms with E-state index < -0.39 is 0 Å². The number of rotatable bonds is 9. The maximum Gasteiger partial charge on any atom is 0.234 e. The van der Waals surface area contributed by atoms with Gasteiger partial charge >= 0.3 is 0 Å². The molecular weight excluding hydrogens is 312 g/mol. The summed E-state index contributed by atoms with van der Waals surface area (Å²) in [5, 5.41) is 3.07. The van der Waals surface area contributed by atoms with Gasteiger partial charge in [0.25, 0.3) is 0 Å². The standard InChI is InChI=1S/C21H32N2O2/c1-16(2)25-14-6-13-22-21(24)15-23(18-11-12-18)20-10-5-8-17-7-3-4-9-19(17)20/h3-4,7,9,16,18,20H,5-6,8,10-15H2,1-2H3,(H,22,24). The first-order chi connectivity index (χ1) is 12.1. The Morgan fingerprint density at radius 2 is 2.08 bits per heavy atom. The van der Waals surface area contributed by atoms with E-state index in [1.54, 1.807) is 0 Å². The number of carbonyl (C=O) groups is 1. The minimum atomic E-state index is 0.152. The number of nitrogens with zero attached hydrogens (tertiary/aromatic N) is 1. The second kappa shape index (κ2) is 8.81. The van der Waals surface area contributed by atoms with Crippen LogP contribution in [0.15, 0.2) is 24.3 Å². The van der Waals surface area contributed by atoms with Gasteiger partial charge in [0.15, 0.2) is 0 Å². The van der Waals surface area contributed by atoms with Crippen molar-refractivity contribution in [2.75, 3.05) is 19.7 Å². The molecule has 1 saturated carbocycles. The van der Waals surface area contributed by atoms with Crippen molar-refractivity contribution in [3.05, 3.63) is 35.4 Å². The molecule has 1 amide bonds. The molecule has 25 heavy (non-hydrogen) atoms. The highest BCUT2D eigenvalue weighted by Crippen LogP contribution is 2.40. The quantitative estimate of drug-likeness (QED) is 0.698. The molecular formula is C21H32N2O2. The van der Waals surface area contributed by atoms with Crippen molar-refractivity contribution < 1.29 is 9.53 Å². The number of benzene rings is 1. The zero-order valence-electron chi connectivity index (χ0n) is 15.7. The van der Waals surface area contributed by atoms with Crippen molar-refractivity contribution in [3.63, 3.8) is 0 Å². The van der Waals surface area contributed by atoms with Crippen LogP contribution >= 0.6 is 0 Å². The zero-order valence-corrected chi connectivity index (χ0v) is 15.7. The fourth-order valence-electron chi connectivity index (χ4n) is 3.81. The highest BCUT2D eigenvalue weighted by Gasteiger charge is 2.37. The lowest BCUT2D eigenvalue weighted by molar-refractivity contribution is -0.123. The van der Waals surface area contributed by atoms with E-state index in [1.165, 1.54) is 43.2 Å². The van der Waals surface area contributed by atoms with Crippen molar-refractivity contribution in [2.24, 2.45) is 0 Å². The van der Waals surface area contributed by atoms with E-state index in [9.17, 15) is 4.79 Å². The van der Waals surface area contributed by atoms with E-state index in [4.69, 9.17) is 4.74 Å². The number of hydrogen-bond acceptors (Lipinski definition) is 3. The van der Waals surface area contributed by atoms with E-state index in [2.05, 4.69) is 34.5 Å². The highest BCUT2D eigenvalue weighted by atomic mass is 16.5. The Morgan fingerprint density at radius 3 is 2.84 bits per heavy atom. The number of aryl methyl sites for hydroxylation is 1. The van der Waals surface area contributed by atoms with Gasteiger partial charge in [0.1, 0.15) is 0 Å². The molecule has 0 spiro atoms. The van der Waals surface area contributed by atoms with Crippen LogP contribution in [0.1, 0.15) is 63.1 Å². The molecule has 1 aromatic rings. The minimum absolute atomic E-state index is 0.152. The molecule has 1 aromatic carbocycles. The van der Waals surface area contributed by atoms with Crippen LogP contribution in [-0.2, 0) is 16.0 Å². The first kappa shape index (κ1) is 18.4. The molecule has 4 nitrogen and oxygen atoms in total. The molecule has 1 atom stereocenters. The third kappa shape index (κ3) is 5.29. The number of amides is 1. The summed E-state index contributed by atoms with van der Waals surface area (Å²) in [6.07, 6.45) is 7.16. The Hall–Kier alpha value is -1.39. The molecule has 1 fully saturated rings. The highest BCUT2D eigenvalue weighted by molar-refractivity contribution is 5.78. The summed E-state index contributed by atoms with van der Waals surface area (Å²) in [4.78, 5) is 14.9. The van der Waals surface area contributed by atoms with Gasteiger partial charge < -0.3 is 10.1 Å². The monoisotopic (exact) mass is 344 g/mol. The Labute approximate surface area is 151 Å². The molecule has 0 aliphatic heterocycles. The van der Waals surface area contributed by atoms with Crippen LogP contribution in [0.25, 0.3) is 0 Å². The van der Waals surface area contributed by atoms with Crippen molar-refractivity contribution in [1.82, 2.24) is 10.2 Å². The van der Waals surface area contributed by atoms with Gasteiger partial charge in [-0.3, -0.25) is 9.69 Å². The number of carbonyl (C=O) groups excluding carboxylic acids is 1. The molecule has 0 bridgehead atoms. The average molecular weight is 344 g/mol. The van der Waals surface area contributed by atoms with Crippen molar-refractivity contribution in [1.29, 1.82) is 0 Å². The fraction of sp³-hybridized carbons (Fsp3) is 0.667. The van der Waals surface area contributed by atoms with Crippen LogP contribution in [0.3, 0.4) is 0 Å². The Morgan fingerprint density at radius 1 is 1.28 bits per heavy atom. The molecule has 1 N–H and O–H groups in total. The van der Waals surface area contributed by atoms with E-state index in [0.717, 1.165) is 6.42 Å². The summed E-state index contributed by atoms with van der Waals surface area (Å²) in [5.74, 6) is 0.152. The predicted molar refractivity (Wildman–Crippen MR) is 101 cm³/mol. The lowest BCUT2D eigenvalue weighted by Gasteiger charge is -2.35. The topological polar surface area (TPSA) is 41.6 Å². The maximum absolute atomic E-state index is 12.4. The second-order valence-electron chi connectivity index (χ2n) is 7.63. The predicted octanol–water partition coefficient (Wildman–Crippen LogP) is 3.46. The summed E-state index contributed by atoms with van der Waals surface area (Å²) < 4.78 is 5.53. The Balaban J connectivity index is 1.53. The maximum atomic E-state index is 12.4. The third-order valence-corrected chi connectivity index (χ3v) is 5.17. The van der Waals surface area contributed by atoms with Gasteiger partial charge in [-0.05, 0) is 63.5 Å². The molecule has 2 aliphatic carbocycles. The number of nitrogens with one attached hydrogen (secondary N) is 1. The van der Waals surface area contributed by atoms with Gasteiger partial charge in [0.05, 0.1) is 12.6 Å². The summed E-state index contributed by atoms with van der Waals surface area (Å²) in [7, 11) is 0. The molecule has 4 heteroatoms. The fourth-order valence-corrected chi connectivity index (χ4v) is 3.81. The molecule has 3 rings (SSSR count). The number of hydrogen-bond donors (Lipinski definition) is 1. The molecule has 0 radical (unpaired) electrons. The van der Waals surface area contributed by atoms with E-state index >= 15 is 0 Å². The SMILES string of the molecule is CC(C)OCCCNC(=O)CN(C1CC1)C1CCCc2ccccc21. The summed E-state index contributed by atoms with van der Waals surface area (Å²) in [5.41, 5.74) is 2.91. The largest absolute Gasteiger partial charge is 0.379 e. The van der Waals surface area contributed by atoms with Gasteiger partial charge in [-0.25, -0.2) is 0 Å². The molecule has 1 unspecified atom stereocenters. The number of ether oxygens (including phenoxy) is 1. The average Bonchev–Trinajstić information content (AvgIpc) is 3.44. The lowest BCUT2D eigenvalue weighted by atomic mass is 9.86. The Bertz CT molecular complexity index is 569. The van der Waals surface area contributed by atoms with Crippen LogP contribution in [0.5, 0.6) is 0 Å². The van der Waals surface area contributed by atoms with Crippen molar-refractivity contribution in [2.45, 2.75) is 70.6 Å². The van der Waals surface area contributed by atoms with Gasteiger partial charge in [0, 0.05) is 25.2 Å². The van der Waals surface area contributed by atoms with Crippen molar-refractivity contribution >= 4 is 5.91 Å². The molecule has 0 heterocycles. The first-order valence-electron chi connectivity index (χ1n) is 9.87. The smallest absolute Gasteiger partial charge is 0.234 e. The summed E-state index contributed by atoms with van der Waals surface area (Å²) in [6, 6.07) is 9.78. The summed E-state index contributed by atoms with van der Waals surface area (Å²) in [6.45, 7) is 6.00. The van der Waals surface area contributed by atoms with E-state index in [1.807, 2.05) is 13.8 Å². The van der Waals surface area contributed by atoms with Crippen LogP contribution in [0.2, 0.25) is 0 Å². The van der Waals surface area contributed by atoms with Crippen LogP contribution in [0.4, 0.5) is 0 Å². The van der Waals surface area contributed by atoms with E-state index in [-0.39, 0.29) is 12.0 Å². The van der Waals surface area contributed by atoms with Crippen LogP contribution in [-0.4, -0.2) is 42.6 Å². The van der Waals surface area contributed by atoms with Crippen LogP contribution < -0.4 is 5.32 Å². The summed E-state index contributed by atoms with van der Waals surface area (Å²) >= 11 is 0. The van der Waals surface area contributed by atoms with Gasteiger partial charge in [-0.1, -0.05) is 24.3 Å². The van der Waals surface area contributed by atoms with Gasteiger partial charge in [-0.2, -0.15) is 0 Å². The zero-order chi connectivity index (χ0) is 17.6. The first-order valence-corrected chi connectivity index (χ1v) is 9.87. The second-order valence-corrected chi connectivity index (χ2v) is 7.63. The van der Waals surface area contributed by atoms with Crippen molar-refractivity contribution in [3.8, 4) is 0 Å². The molecule has 0 saturated heterocycles. The minimum Gasteiger partial charge on any atom is -0.379 e. The lowest BCUT2D eigenvalue weighted by Crippen LogP contribution is -2.42. The molecule has 2 aliphatic rings. The van der Waals surface area contributed by atoms with Gasteiger partial charge in [0.2, 0.25) is 5.91 Å². The molecule has 138 valence electrons.